The van der Waals surface area contributed by atoms with Crippen molar-refractivity contribution in [3.05, 3.63) is 30.5 Å². The molecule has 4 atom stereocenters. The van der Waals surface area contributed by atoms with Gasteiger partial charge in [-0.25, -0.2) is 4.79 Å². The molecular weight excluding hydrogens is 288 g/mol. The molecule has 22 heavy (non-hydrogen) atoms. The lowest BCUT2D eigenvalue weighted by Crippen LogP contribution is -2.48. The summed E-state index contributed by atoms with van der Waals surface area (Å²) in [5, 5.41) is 10.3. The molecule has 0 saturated heterocycles. The Kier molecular flexibility index (Phi) is 3.56. The predicted molar refractivity (Wildman–Crippen MR) is 74.8 cm³/mol. The third-order valence-electron chi connectivity index (χ3n) is 4.60. The van der Waals surface area contributed by atoms with Gasteiger partial charge in [0.1, 0.15) is 11.5 Å². The van der Waals surface area contributed by atoms with Gasteiger partial charge in [0, 0.05) is 11.6 Å². The van der Waals surface area contributed by atoms with E-state index in [4.69, 9.17) is 13.9 Å². The van der Waals surface area contributed by atoms with Crippen LogP contribution in [0.1, 0.15) is 26.2 Å². The molecule has 2 saturated carbocycles. The zero-order chi connectivity index (χ0) is 15.9. The Hall–Kier alpha value is -2.08. The third kappa shape index (κ3) is 2.23. The number of aliphatic hydroxyl groups excluding tert-OH is 1. The fourth-order valence-corrected chi connectivity index (χ4v) is 3.45. The molecule has 0 aromatic carbocycles. The van der Waals surface area contributed by atoms with Crippen molar-refractivity contribution in [3.8, 4) is 5.95 Å². The van der Waals surface area contributed by atoms with Crippen LogP contribution in [0.2, 0.25) is 0 Å². The van der Waals surface area contributed by atoms with Crippen molar-refractivity contribution in [2.75, 3.05) is 0 Å². The first-order valence-corrected chi connectivity index (χ1v) is 7.24. The van der Waals surface area contributed by atoms with Gasteiger partial charge in [0.25, 0.3) is 5.95 Å². The summed E-state index contributed by atoms with van der Waals surface area (Å²) in [6.07, 6.45) is 1.30. The van der Waals surface area contributed by atoms with Gasteiger partial charge in [0.15, 0.2) is 0 Å². The zero-order valence-electron chi connectivity index (χ0n) is 12.3. The van der Waals surface area contributed by atoms with Crippen molar-refractivity contribution in [2.45, 2.75) is 38.4 Å². The van der Waals surface area contributed by atoms with Crippen LogP contribution in [0, 0.1) is 11.3 Å². The number of rotatable bonds is 4. The number of hydrogen-bond acceptors (Lipinski definition) is 6. The van der Waals surface area contributed by atoms with Crippen LogP contribution in [0.15, 0.2) is 35.0 Å². The second kappa shape index (κ2) is 5.28. The van der Waals surface area contributed by atoms with E-state index in [1.165, 1.54) is 19.3 Å². The summed E-state index contributed by atoms with van der Waals surface area (Å²) < 4.78 is 15.6. The van der Waals surface area contributed by atoms with Gasteiger partial charge in [0.05, 0.1) is 12.4 Å². The number of aliphatic hydroxyl groups is 1. The topological polar surface area (TPSA) is 86.0 Å². The Morgan fingerprint density at radius 3 is 2.91 bits per heavy atom. The molecule has 1 aromatic heterocycles. The van der Waals surface area contributed by atoms with E-state index >= 15 is 0 Å². The molecule has 4 unspecified atom stereocenters. The number of furan rings is 1. The molecule has 3 rings (SSSR count). The van der Waals surface area contributed by atoms with E-state index in [1.807, 2.05) is 0 Å². The van der Waals surface area contributed by atoms with Crippen LogP contribution in [0.3, 0.4) is 0 Å². The first-order chi connectivity index (χ1) is 10.4. The van der Waals surface area contributed by atoms with E-state index < -0.39 is 29.6 Å². The van der Waals surface area contributed by atoms with Gasteiger partial charge in [-0.05, 0) is 38.2 Å². The van der Waals surface area contributed by atoms with Crippen molar-refractivity contribution in [2.24, 2.45) is 11.3 Å². The number of hydrogen-bond donors (Lipinski definition) is 1. The molecule has 0 aliphatic heterocycles. The maximum absolute atomic E-state index is 12.6. The van der Waals surface area contributed by atoms with Gasteiger partial charge in [-0.3, -0.25) is 4.79 Å². The smallest absolute Gasteiger partial charge is 0.333 e. The zero-order valence-corrected chi connectivity index (χ0v) is 12.3. The average molecular weight is 306 g/mol. The van der Waals surface area contributed by atoms with Crippen molar-refractivity contribution < 1.29 is 28.6 Å². The standard InChI is InChI=1S/C16H18O6/c1-9(2)14(18)22-13-12(17)10-5-6-16(13,8-10)15(19)21-11-4-3-7-20-11/h3-4,7,10,12-13,17H,1,5-6,8H2,2H3. The lowest BCUT2D eigenvalue weighted by molar-refractivity contribution is -0.171. The SMILES string of the molecule is C=C(C)C(=O)OC1C(O)C2CCC1(C(=O)Oc1ccco1)C2. The number of esters is 2. The summed E-state index contributed by atoms with van der Waals surface area (Å²) in [6.45, 7) is 5.05. The van der Waals surface area contributed by atoms with E-state index in [1.54, 1.807) is 6.07 Å². The number of ether oxygens (including phenoxy) is 2. The minimum absolute atomic E-state index is 0.0629. The second-order valence-corrected chi connectivity index (χ2v) is 6.08. The quantitative estimate of drug-likeness (QED) is 0.674. The lowest BCUT2D eigenvalue weighted by Gasteiger charge is -2.34. The highest BCUT2D eigenvalue weighted by atomic mass is 16.6. The Bertz CT molecular complexity index is 604. The maximum atomic E-state index is 12.6. The molecular formula is C16H18O6. The van der Waals surface area contributed by atoms with E-state index in [-0.39, 0.29) is 17.4 Å². The van der Waals surface area contributed by atoms with Gasteiger partial charge in [-0.2, -0.15) is 0 Å². The molecule has 0 radical (unpaired) electrons. The van der Waals surface area contributed by atoms with Crippen LogP contribution in [-0.2, 0) is 14.3 Å². The largest absolute Gasteiger partial charge is 0.455 e. The van der Waals surface area contributed by atoms with E-state index in [2.05, 4.69) is 6.58 Å². The van der Waals surface area contributed by atoms with Crippen molar-refractivity contribution >= 4 is 11.9 Å². The van der Waals surface area contributed by atoms with Crippen LogP contribution >= 0.6 is 0 Å². The first kappa shape index (κ1) is 14.8. The minimum Gasteiger partial charge on any atom is -0.455 e. The van der Waals surface area contributed by atoms with Crippen LogP contribution in [-0.4, -0.2) is 29.3 Å². The van der Waals surface area contributed by atoms with Crippen molar-refractivity contribution in [1.82, 2.24) is 0 Å². The molecule has 1 N–H and O–H groups in total. The molecule has 2 aliphatic carbocycles. The first-order valence-electron chi connectivity index (χ1n) is 7.24. The van der Waals surface area contributed by atoms with Gasteiger partial charge >= 0.3 is 11.9 Å². The Morgan fingerprint density at radius 1 is 1.50 bits per heavy atom. The molecule has 6 heteroatoms. The van der Waals surface area contributed by atoms with E-state index in [9.17, 15) is 14.7 Å². The molecule has 2 fully saturated rings. The Morgan fingerprint density at radius 2 is 2.27 bits per heavy atom. The Balaban J connectivity index is 1.83. The van der Waals surface area contributed by atoms with Gasteiger partial charge in [0.2, 0.25) is 0 Å². The minimum atomic E-state index is -1.01. The summed E-state index contributed by atoms with van der Waals surface area (Å²) in [5.74, 6) is -1.11. The molecule has 6 nitrogen and oxygen atoms in total. The predicted octanol–water partition coefficient (Wildman–Crippen LogP) is 1.83. The second-order valence-electron chi connectivity index (χ2n) is 6.08. The summed E-state index contributed by atoms with van der Waals surface area (Å²) in [5.41, 5.74) is -0.786. The summed E-state index contributed by atoms with van der Waals surface area (Å²) in [6, 6.07) is 3.14. The van der Waals surface area contributed by atoms with Crippen LogP contribution < -0.4 is 4.74 Å². The summed E-state index contributed by atoms with van der Waals surface area (Å²) in [4.78, 5) is 24.4. The molecule has 1 heterocycles. The van der Waals surface area contributed by atoms with Crippen LogP contribution in [0.5, 0.6) is 5.95 Å². The monoisotopic (exact) mass is 306 g/mol. The lowest BCUT2D eigenvalue weighted by atomic mass is 9.80. The molecule has 2 bridgehead atoms. The fraction of sp³-hybridized carbons (Fsp3) is 0.500. The third-order valence-corrected chi connectivity index (χ3v) is 4.60. The highest BCUT2D eigenvalue weighted by Crippen LogP contribution is 2.56. The van der Waals surface area contributed by atoms with Crippen LogP contribution in [0.4, 0.5) is 0 Å². The van der Waals surface area contributed by atoms with Gasteiger partial charge in [-0.15, -0.1) is 0 Å². The average Bonchev–Trinajstić information content (AvgIpc) is 3.17. The van der Waals surface area contributed by atoms with E-state index in [0.717, 1.165) is 0 Å². The molecule has 1 aromatic rings. The summed E-state index contributed by atoms with van der Waals surface area (Å²) >= 11 is 0. The molecule has 118 valence electrons. The molecule has 0 spiro atoms. The molecule has 2 aliphatic rings. The Labute approximate surface area is 127 Å². The number of carbonyl (C=O) groups excluding carboxylic acids is 2. The van der Waals surface area contributed by atoms with Gasteiger partial charge < -0.3 is 19.0 Å². The maximum Gasteiger partial charge on any atom is 0.333 e. The summed E-state index contributed by atoms with van der Waals surface area (Å²) in [7, 11) is 0. The molecule has 0 amide bonds. The normalized spacial score (nSPS) is 32.7. The number of fused-ring (bicyclic) bond motifs is 2. The fourth-order valence-electron chi connectivity index (χ4n) is 3.45. The highest BCUT2D eigenvalue weighted by molar-refractivity contribution is 5.88. The van der Waals surface area contributed by atoms with Crippen molar-refractivity contribution in [3.63, 3.8) is 0 Å². The van der Waals surface area contributed by atoms with Gasteiger partial charge in [-0.1, -0.05) is 6.58 Å². The number of carbonyl (C=O) groups is 2. The van der Waals surface area contributed by atoms with Crippen LogP contribution in [0.25, 0.3) is 0 Å². The highest BCUT2D eigenvalue weighted by Gasteiger charge is 2.64. The van der Waals surface area contributed by atoms with E-state index in [0.29, 0.717) is 19.3 Å². The van der Waals surface area contributed by atoms with Crippen molar-refractivity contribution in [1.29, 1.82) is 0 Å².